The number of benzene rings is 2. The van der Waals surface area contributed by atoms with E-state index in [1.54, 1.807) is 49.4 Å². The van der Waals surface area contributed by atoms with Crippen molar-refractivity contribution < 1.29 is 18.0 Å². The molecule has 2 amide bonds. The van der Waals surface area contributed by atoms with Crippen LogP contribution < -0.4 is 9.62 Å². The Hall–Kier alpha value is -1.81. The van der Waals surface area contributed by atoms with Crippen molar-refractivity contribution in [3.63, 3.8) is 0 Å². The van der Waals surface area contributed by atoms with Crippen LogP contribution in [0.25, 0.3) is 0 Å². The van der Waals surface area contributed by atoms with E-state index in [0.717, 1.165) is 15.0 Å². The van der Waals surface area contributed by atoms with Gasteiger partial charge in [-0.25, -0.2) is 8.42 Å². The Kier molecular flexibility index (Phi) is 8.76. The SMILES string of the molecule is CNC(=O)[C@@H](C)N(Cc1ccc(Cl)c(Cl)c1)C(=O)CN(c1ccc(Br)cc1)S(C)(=O)=O. The predicted molar refractivity (Wildman–Crippen MR) is 127 cm³/mol. The smallest absolute Gasteiger partial charge is 0.244 e. The van der Waals surface area contributed by atoms with Crippen LogP contribution in [0.2, 0.25) is 10.0 Å². The topological polar surface area (TPSA) is 86.8 Å². The maximum Gasteiger partial charge on any atom is 0.244 e. The molecule has 0 saturated heterocycles. The number of amides is 2. The minimum Gasteiger partial charge on any atom is -0.357 e. The molecule has 0 heterocycles. The summed E-state index contributed by atoms with van der Waals surface area (Å²) in [6.07, 6.45) is 1.02. The van der Waals surface area contributed by atoms with Crippen LogP contribution in [0.15, 0.2) is 46.9 Å². The van der Waals surface area contributed by atoms with Gasteiger partial charge in [0.1, 0.15) is 12.6 Å². The van der Waals surface area contributed by atoms with Crippen LogP contribution in [0.4, 0.5) is 5.69 Å². The van der Waals surface area contributed by atoms with Gasteiger partial charge in [0.15, 0.2) is 0 Å². The van der Waals surface area contributed by atoms with E-state index < -0.39 is 28.5 Å². The zero-order chi connectivity index (χ0) is 23.3. The summed E-state index contributed by atoms with van der Waals surface area (Å²) in [6, 6.07) is 10.6. The zero-order valence-electron chi connectivity index (χ0n) is 17.1. The van der Waals surface area contributed by atoms with Gasteiger partial charge >= 0.3 is 0 Å². The Morgan fingerprint density at radius 2 is 1.71 bits per heavy atom. The van der Waals surface area contributed by atoms with Gasteiger partial charge in [-0.15, -0.1) is 0 Å². The average molecular weight is 551 g/mol. The molecule has 168 valence electrons. The Morgan fingerprint density at radius 1 is 1.10 bits per heavy atom. The molecule has 7 nitrogen and oxygen atoms in total. The van der Waals surface area contributed by atoms with Gasteiger partial charge in [0.05, 0.1) is 22.0 Å². The molecule has 1 N–H and O–H groups in total. The monoisotopic (exact) mass is 549 g/mol. The highest BCUT2D eigenvalue weighted by molar-refractivity contribution is 9.10. The number of nitrogens with one attached hydrogen (secondary N) is 1. The molecule has 2 rings (SSSR count). The van der Waals surface area contributed by atoms with Crippen molar-refractivity contribution in [1.29, 1.82) is 0 Å². The van der Waals surface area contributed by atoms with Crippen LogP contribution in [0.1, 0.15) is 12.5 Å². The summed E-state index contributed by atoms with van der Waals surface area (Å²) >= 11 is 15.3. The van der Waals surface area contributed by atoms with Crippen LogP contribution >= 0.6 is 39.1 Å². The molecule has 31 heavy (non-hydrogen) atoms. The number of sulfonamides is 1. The van der Waals surface area contributed by atoms with E-state index in [-0.39, 0.29) is 12.5 Å². The van der Waals surface area contributed by atoms with Crippen molar-refractivity contribution in [3.8, 4) is 0 Å². The molecule has 0 saturated carbocycles. The summed E-state index contributed by atoms with van der Waals surface area (Å²) in [6.45, 7) is 1.14. The summed E-state index contributed by atoms with van der Waals surface area (Å²) in [5.74, 6) is -0.932. The Labute approximate surface area is 200 Å². The second kappa shape index (κ2) is 10.7. The number of anilines is 1. The third kappa shape index (κ3) is 6.83. The summed E-state index contributed by atoms with van der Waals surface area (Å²) in [5.41, 5.74) is 0.981. The van der Waals surface area contributed by atoms with Crippen LogP contribution in [-0.2, 0) is 26.2 Å². The van der Waals surface area contributed by atoms with E-state index in [9.17, 15) is 18.0 Å². The Morgan fingerprint density at radius 3 is 2.23 bits per heavy atom. The number of hydrogen-bond acceptors (Lipinski definition) is 4. The Bertz CT molecular complexity index is 1060. The van der Waals surface area contributed by atoms with Crippen LogP contribution in [-0.4, -0.2) is 51.0 Å². The molecular weight excluding hydrogens is 529 g/mol. The highest BCUT2D eigenvalue weighted by Crippen LogP contribution is 2.25. The maximum absolute atomic E-state index is 13.2. The summed E-state index contributed by atoms with van der Waals surface area (Å²) in [7, 11) is -2.30. The lowest BCUT2D eigenvalue weighted by Crippen LogP contribution is -2.50. The highest BCUT2D eigenvalue weighted by atomic mass is 79.9. The molecule has 0 aliphatic carbocycles. The van der Waals surface area contributed by atoms with Crippen LogP contribution in [0.5, 0.6) is 0 Å². The lowest BCUT2D eigenvalue weighted by atomic mass is 10.1. The van der Waals surface area contributed by atoms with Gasteiger partial charge in [0.25, 0.3) is 0 Å². The van der Waals surface area contributed by atoms with Gasteiger partial charge in [0, 0.05) is 18.1 Å². The molecule has 2 aromatic rings. The fourth-order valence-electron chi connectivity index (χ4n) is 2.85. The van der Waals surface area contributed by atoms with Gasteiger partial charge in [-0.3, -0.25) is 13.9 Å². The summed E-state index contributed by atoms with van der Waals surface area (Å²) in [4.78, 5) is 26.8. The second-order valence-corrected chi connectivity index (χ2v) is 10.4. The molecule has 0 aromatic heterocycles. The number of carbonyl (C=O) groups excluding carboxylic acids is 2. The molecule has 0 aliphatic heterocycles. The van der Waals surface area contributed by atoms with Crippen molar-refractivity contribution in [2.45, 2.75) is 19.5 Å². The summed E-state index contributed by atoms with van der Waals surface area (Å²) < 4.78 is 26.6. The number of likely N-dealkylation sites (N-methyl/N-ethyl adjacent to an activating group) is 1. The molecule has 0 spiro atoms. The fourth-order valence-corrected chi connectivity index (χ4v) is 4.28. The van der Waals surface area contributed by atoms with Gasteiger partial charge in [-0.1, -0.05) is 45.2 Å². The van der Waals surface area contributed by atoms with Gasteiger partial charge in [0.2, 0.25) is 21.8 Å². The largest absolute Gasteiger partial charge is 0.357 e. The van der Waals surface area contributed by atoms with E-state index >= 15 is 0 Å². The van der Waals surface area contributed by atoms with Gasteiger partial charge in [-0.05, 0) is 48.9 Å². The maximum atomic E-state index is 13.2. The third-order valence-electron chi connectivity index (χ3n) is 4.54. The van der Waals surface area contributed by atoms with Crippen LogP contribution in [0, 0.1) is 0 Å². The molecule has 0 bridgehead atoms. The zero-order valence-corrected chi connectivity index (χ0v) is 21.0. The fraction of sp³-hybridized carbons (Fsp3) is 0.300. The number of rotatable bonds is 8. The van der Waals surface area contributed by atoms with Gasteiger partial charge < -0.3 is 10.2 Å². The number of halogens is 3. The van der Waals surface area contributed by atoms with Crippen molar-refractivity contribution in [3.05, 3.63) is 62.5 Å². The molecule has 0 unspecified atom stereocenters. The van der Waals surface area contributed by atoms with Gasteiger partial charge in [-0.2, -0.15) is 0 Å². The first kappa shape index (κ1) is 25.5. The van der Waals surface area contributed by atoms with Crippen molar-refractivity contribution in [2.24, 2.45) is 0 Å². The van der Waals surface area contributed by atoms with E-state index in [4.69, 9.17) is 23.2 Å². The number of hydrogen-bond donors (Lipinski definition) is 1. The highest BCUT2D eigenvalue weighted by Gasteiger charge is 2.29. The lowest BCUT2D eigenvalue weighted by molar-refractivity contribution is -0.139. The average Bonchev–Trinajstić information content (AvgIpc) is 2.71. The standard InChI is InChI=1S/C20H22BrCl2N3O4S/c1-13(20(28)24-2)25(11-14-4-9-17(22)18(23)10-14)19(27)12-26(31(3,29)30)16-7-5-15(21)6-8-16/h4-10,13H,11-12H2,1-3H3,(H,24,28)/t13-/m1/s1. The molecular formula is C20H22BrCl2N3O4S. The molecule has 0 aliphatic rings. The minimum atomic E-state index is -3.76. The molecule has 0 fully saturated rings. The van der Waals surface area contributed by atoms with Crippen molar-refractivity contribution >= 4 is 66.7 Å². The van der Waals surface area contributed by atoms with Crippen LogP contribution in [0.3, 0.4) is 0 Å². The van der Waals surface area contributed by atoms with E-state index in [2.05, 4.69) is 21.2 Å². The first-order chi connectivity index (χ1) is 14.4. The third-order valence-corrected chi connectivity index (χ3v) is 6.95. The summed E-state index contributed by atoms with van der Waals surface area (Å²) in [5, 5.41) is 3.18. The van der Waals surface area contributed by atoms with E-state index in [1.807, 2.05) is 0 Å². The quantitative estimate of drug-likeness (QED) is 0.543. The lowest BCUT2D eigenvalue weighted by Gasteiger charge is -2.31. The predicted octanol–water partition coefficient (Wildman–Crippen LogP) is 3.69. The first-order valence-electron chi connectivity index (χ1n) is 9.12. The molecule has 1 atom stereocenters. The normalized spacial score (nSPS) is 12.2. The van der Waals surface area contributed by atoms with Crippen molar-refractivity contribution in [2.75, 3.05) is 24.2 Å². The first-order valence-corrected chi connectivity index (χ1v) is 12.5. The molecule has 11 heteroatoms. The van der Waals surface area contributed by atoms with Crippen molar-refractivity contribution in [1.82, 2.24) is 10.2 Å². The molecule has 2 aromatic carbocycles. The molecule has 0 radical (unpaired) electrons. The number of carbonyl (C=O) groups is 2. The number of nitrogens with zero attached hydrogens (tertiary/aromatic N) is 2. The van der Waals surface area contributed by atoms with E-state index in [1.165, 1.54) is 11.9 Å². The Balaban J connectivity index is 2.38. The second-order valence-electron chi connectivity index (χ2n) is 6.81. The van der Waals surface area contributed by atoms with E-state index in [0.29, 0.717) is 21.3 Å². The minimum absolute atomic E-state index is 0.0439.